The van der Waals surface area contributed by atoms with Gasteiger partial charge in [-0.15, -0.1) is 0 Å². The Morgan fingerprint density at radius 2 is 1.38 bits per heavy atom. The van der Waals surface area contributed by atoms with Crippen molar-refractivity contribution in [2.75, 3.05) is 0 Å². The predicted molar refractivity (Wildman–Crippen MR) is 42.5 cm³/mol. The molecule has 0 aromatic rings. The summed E-state index contributed by atoms with van der Waals surface area (Å²) >= 11 is 0. The topological polar surface area (TPSA) is 17.1 Å². The van der Waals surface area contributed by atoms with Gasteiger partial charge in [0.15, 0.2) is 0 Å². The summed E-state index contributed by atoms with van der Waals surface area (Å²) in [5.41, 5.74) is -1.38. The van der Waals surface area contributed by atoms with Gasteiger partial charge in [0.2, 0.25) is 0 Å². The Kier molecular flexibility index (Phi) is 1.10. The number of carbonyl (C=O) groups excluding carboxylic acids is 1. The standard InChI is InChI=1S/C10H12F2O/c11-10(12)8(9(10)5-6-9)3-1-7(13)2-4-8/h1-6H2. The summed E-state index contributed by atoms with van der Waals surface area (Å²) in [6, 6.07) is 0. The number of carbonyl (C=O) groups is 1. The first kappa shape index (κ1) is 7.89. The fraction of sp³-hybridized carbons (Fsp3) is 0.900. The number of halogens is 2. The molecule has 72 valence electrons. The van der Waals surface area contributed by atoms with E-state index >= 15 is 0 Å². The maximum absolute atomic E-state index is 13.5. The van der Waals surface area contributed by atoms with Crippen LogP contribution in [0.25, 0.3) is 0 Å². The molecule has 0 aromatic heterocycles. The molecule has 0 atom stereocenters. The summed E-state index contributed by atoms with van der Waals surface area (Å²) < 4.78 is 27.1. The Morgan fingerprint density at radius 3 is 1.77 bits per heavy atom. The molecule has 13 heavy (non-hydrogen) atoms. The second-order valence-corrected chi connectivity index (χ2v) is 4.78. The number of Topliss-reactive ketones (excluding diaryl/α,β-unsaturated/α-hetero) is 1. The Bertz CT molecular complexity index is 275. The molecule has 0 bridgehead atoms. The molecule has 0 N–H and O–H groups in total. The summed E-state index contributed by atoms with van der Waals surface area (Å²) in [5, 5.41) is 0. The first-order valence-corrected chi connectivity index (χ1v) is 4.95. The van der Waals surface area contributed by atoms with Gasteiger partial charge < -0.3 is 0 Å². The van der Waals surface area contributed by atoms with E-state index in [-0.39, 0.29) is 5.78 Å². The van der Waals surface area contributed by atoms with Gasteiger partial charge in [-0.25, -0.2) is 8.78 Å². The van der Waals surface area contributed by atoms with Gasteiger partial charge in [0.25, 0.3) is 5.92 Å². The van der Waals surface area contributed by atoms with Crippen molar-refractivity contribution in [1.29, 1.82) is 0 Å². The fourth-order valence-electron chi connectivity index (χ4n) is 3.41. The molecule has 0 amide bonds. The van der Waals surface area contributed by atoms with Crippen LogP contribution >= 0.6 is 0 Å². The quantitative estimate of drug-likeness (QED) is 0.568. The number of hydrogen-bond donors (Lipinski definition) is 0. The highest BCUT2D eigenvalue weighted by Crippen LogP contribution is 2.90. The van der Waals surface area contributed by atoms with E-state index in [1.807, 2.05) is 0 Å². The summed E-state index contributed by atoms with van der Waals surface area (Å²) in [4.78, 5) is 11.0. The Hall–Kier alpha value is -0.470. The smallest absolute Gasteiger partial charge is 0.260 e. The van der Waals surface area contributed by atoms with Crippen LogP contribution in [0, 0.1) is 10.8 Å². The molecule has 0 aromatic carbocycles. The van der Waals surface area contributed by atoms with Crippen LogP contribution in [0.3, 0.4) is 0 Å². The maximum Gasteiger partial charge on any atom is 0.260 e. The lowest BCUT2D eigenvalue weighted by molar-refractivity contribution is -0.122. The second-order valence-electron chi connectivity index (χ2n) is 4.78. The van der Waals surface area contributed by atoms with Gasteiger partial charge in [-0.1, -0.05) is 0 Å². The number of hydrogen-bond acceptors (Lipinski definition) is 1. The first-order chi connectivity index (χ1) is 6.06. The molecule has 1 nitrogen and oxygen atoms in total. The minimum absolute atomic E-state index is 0.170. The molecule has 0 heterocycles. The minimum Gasteiger partial charge on any atom is -0.300 e. The zero-order valence-corrected chi connectivity index (χ0v) is 7.41. The number of rotatable bonds is 0. The molecule has 3 aliphatic carbocycles. The van der Waals surface area contributed by atoms with Crippen LogP contribution in [0.1, 0.15) is 38.5 Å². The van der Waals surface area contributed by atoms with E-state index in [4.69, 9.17) is 0 Å². The van der Waals surface area contributed by atoms with E-state index in [2.05, 4.69) is 0 Å². The molecule has 0 saturated heterocycles. The highest BCUT2D eigenvalue weighted by atomic mass is 19.3. The van der Waals surface area contributed by atoms with Crippen molar-refractivity contribution in [3.05, 3.63) is 0 Å². The predicted octanol–water partition coefficient (Wildman–Crippen LogP) is 2.55. The van der Waals surface area contributed by atoms with Gasteiger partial charge in [0.05, 0.1) is 0 Å². The monoisotopic (exact) mass is 186 g/mol. The highest BCUT2D eigenvalue weighted by molar-refractivity contribution is 5.80. The van der Waals surface area contributed by atoms with E-state index in [0.29, 0.717) is 38.5 Å². The van der Waals surface area contributed by atoms with Gasteiger partial charge >= 0.3 is 0 Å². The van der Waals surface area contributed by atoms with Crippen molar-refractivity contribution in [3.63, 3.8) is 0 Å². The zero-order valence-electron chi connectivity index (χ0n) is 7.41. The molecular weight excluding hydrogens is 174 g/mol. The number of ketones is 1. The summed E-state index contributed by atoms with van der Waals surface area (Å²) in [6.45, 7) is 0. The lowest BCUT2D eigenvalue weighted by Crippen LogP contribution is -2.20. The fourth-order valence-corrected chi connectivity index (χ4v) is 3.41. The highest BCUT2D eigenvalue weighted by Gasteiger charge is 2.94. The van der Waals surface area contributed by atoms with Crippen LogP contribution in [-0.2, 0) is 4.79 Å². The molecule has 3 heteroatoms. The second kappa shape index (κ2) is 1.82. The first-order valence-electron chi connectivity index (χ1n) is 4.95. The molecule has 2 spiro atoms. The Balaban J connectivity index is 1.89. The van der Waals surface area contributed by atoms with Crippen LogP contribution in [-0.4, -0.2) is 11.7 Å². The van der Waals surface area contributed by atoms with Crippen molar-refractivity contribution in [2.45, 2.75) is 44.4 Å². The molecule has 0 radical (unpaired) electrons. The van der Waals surface area contributed by atoms with E-state index < -0.39 is 16.8 Å². The van der Waals surface area contributed by atoms with Crippen LogP contribution in [0.5, 0.6) is 0 Å². The SMILES string of the molecule is O=C1CCC2(CC1)C(F)(F)C21CC1. The number of fused-ring (bicyclic) bond motifs is 1. The number of alkyl halides is 2. The average molecular weight is 186 g/mol. The van der Waals surface area contributed by atoms with Crippen LogP contribution in [0.2, 0.25) is 0 Å². The van der Waals surface area contributed by atoms with E-state index in [1.54, 1.807) is 0 Å². The largest absolute Gasteiger partial charge is 0.300 e. The average Bonchev–Trinajstić information content (AvgIpc) is 2.92. The van der Waals surface area contributed by atoms with Crippen molar-refractivity contribution >= 4 is 5.78 Å². The van der Waals surface area contributed by atoms with Crippen LogP contribution < -0.4 is 0 Å². The van der Waals surface area contributed by atoms with Gasteiger partial charge in [-0.3, -0.25) is 4.79 Å². The van der Waals surface area contributed by atoms with Crippen LogP contribution in [0.4, 0.5) is 8.78 Å². The summed E-state index contributed by atoms with van der Waals surface area (Å²) in [5.74, 6) is -2.27. The molecular formula is C10H12F2O. The van der Waals surface area contributed by atoms with Gasteiger partial charge in [-0.2, -0.15) is 0 Å². The lowest BCUT2D eigenvalue weighted by atomic mass is 9.82. The van der Waals surface area contributed by atoms with E-state index in [0.717, 1.165) is 0 Å². The summed E-state index contributed by atoms with van der Waals surface area (Å²) in [7, 11) is 0. The minimum atomic E-state index is -2.44. The molecule has 3 rings (SSSR count). The third-order valence-corrected chi connectivity index (χ3v) is 4.47. The van der Waals surface area contributed by atoms with Gasteiger partial charge in [0.1, 0.15) is 5.78 Å². The molecule has 0 aliphatic heterocycles. The van der Waals surface area contributed by atoms with Crippen molar-refractivity contribution < 1.29 is 13.6 Å². The third-order valence-electron chi connectivity index (χ3n) is 4.47. The van der Waals surface area contributed by atoms with E-state index in [9.17, 15) is 13.6 Å². The normalized spacial score (nSPS) is 36.6. The van der Waals surface area contributed by atoms with Crippen molar-refractivity contribution in [3.8, 4) is 0 Å². The zero-order chi connectivity index (χ0) is 9.32. The lowest BCUT2D eigenvalue weighted by Gasteiger charge is -2.20. The maximum atomic E-state index is 13.5. The van der Waals surface area contributed by atoms with Gasteiger partial charge in [0, 0.05) is 23.7 Å². The third kappa shape index (κ3) is 0.607. The molecule has 3 saturated carbocycles. The van der Waals surface area contributed by atoms with Crippen molar-refractivity contribution in [2.24, 2.45) is 10.8 Å². The molecule has 3 fully saturated rings. The van der Waals surface area contributed by atoms with Crippen molar-refractivity contribution in [1.82, 2.24) is 0 Å². The molecule has 0 unspecified atom stereocenters. The van der Waals surface area contributed by atoms with Crippen LogP contribution in [0.15, 0.2) is 0 Å². The van der Waals surface area contributed by atoms with E-state index in [1.165, 1.54) is 0 Å². The Labute approximate surface area is 75.5 Å². The summed E-state index contributed by atoms with van der Waals surface area (Å²) in [6.07, 6.45) is 3.04. The Morgan fingerprint density at radius 1 is 0.923 bits per heavy atom. The molecule has 3 aliphatic rings. The van der Waals surface area contributed by atoms with Gasteiger partial charge in [-0.05, 0) is 25.7 Å².